The van der Waals surface area contributed by atoms with E-state index in [0.717, 1.165) is 19.4 Å². The Hall–Kier alpha value is -0.290. The zero-order valence-electron chi connectivity index (χ0n) is 11.7. The molecule has 0 aliphatic carbocycles. The van der Waals surface area contributed by atoms with E-state index >= 15 is 0 Å². The first kappa shape index (κ1) is 15.8. The van der Waals surface area contributed by atoms with Crippen LogP contribution in [0.4, 0.5) is 13.2 Å². The Morgan fingerprint density at radius 3 is 2.33 bits per heavy atom. The Bertz CT molecular complexity index is 253. The van der Waals surface area contributed by atoms with E-state index in [-0.39, 0.29) is 6.04 Å². The molecular formula is C13H25F3N2. The fraction of sp³-hybridized carbons (Fsp3) is 1.00. The van der Waals surface area contributed by atoms with E-state index in [9.17, 15) is 13.2 Å². The highest BCUT2D eigenvalue weighted by Gasteiger charge is 2.37. The molecule has 2 nitrogen and oxygen atoms in total. The average molecular weight is 266 g/mol. The Balaban J connectivity index is 2.55. The highest BCUT2D eigenvalue weighted by Crippen LogP contribution is 2.28. The predicted molar refractivity (Wildman–Crippen MR) is 67.5 cm³/mol. The van der Waals surface area contributed by atoms with Crippen LogP contribution in [-0.2, 0) is 0 Å². The van der Waals surface area contributed by atoms with Gasteiger partial charge in [0.2, 0.25) is 0 Å². The van der Waals surface area contributed by atoms with Crippen molar-refractivity contribution in [3.05, 3.63) is 0 Å². The van der Waals surface area contributed by atoms with Crippen LogP contribution < -0.4 is 5.32 Å². The van der Waals surface area contributed by atoms with Gasteiger partial charge in [-0.3, -0.25) is 4.90 Å². The summed E-state index contributed by atoms with van der Waals surface area (Å²) in [5.74, 6) is 0.532. The molecule has 18 heavy (non-hydrogen) atoms. The van der Waals surface area contributed by atoms with Crippen LogP contribution in [0.3, 0.4) is 0 Å². The summed E-state index contributed by atoms with van der Waals surface area (Å²) in [6.45, 7) is 8.40. The van der Waals surface area contributed by atoms with Gasteiger partial charge in [-0.25, -0.2) is 0 Å². The lowest BCUT2D eigenvalue weighted by molar-refractivity contribution is -0.126. The lowest BCUT2D eigenvalue weighted by Gasteiger charge is -2.31. The molecule has 1 aliphatic rings. The summed E-state index contributed by atoms with van der Waals surface area (Å²) in [6, 6.07) is 0.760. The van der Waals surface area contributed by atoms with Gasteiger partial charge in [-0.2, -0.15) is 13.2 Å². The maximum Gasteiger partial charge on any atom is 0.401 e. The topological polar surface area (TPSA) is 15.3 Å². The van der Waals surface area contributed by atoms with Crippen LogP contribution in [0.25, 0.3) is 0 Å². The van der Waals surface area contributed by atoms with Crippen molar-refractivity contribution in [1.82, 2.24) is 10.2 Å². The Morgan fingerprint density at radius 2 is 1.89 bits per heavy atom. The Labute approximate surface area is 108 Å². The standard InChI is InChI=1S/C13H25F3N2/c1-5-10(4)12-6-11(7-18(12)9(2)3)17-8-13(14,15)16/h9-12,17H,5-8H2,1-4H3/t10?,11?,12-/m0/s1. The van der Waals surface area contributed by atoms with Crippen LogP contribution in [0.1, 0.15) is 40.5 Å². The molecule has 1 fully saturated rings. The number of nitrogens with zero attached hydrogens (tertiary/aromatic N) is 1. The lowest BCUT2D eigenvalue weighted by atomic mass is 9.95. The van der Waals surface area contributed by atoms with Crippen LogP contribution in [0, 0.1) is 5.92 Å². The summed E-state index contributed by atoms with van der Waals surface area (Å²) in [5.41, 5.74) is 0. The van der Waals surface area contributed by atoms with Crippen molar-refractivity contribution in [2.75, 3.05) is 13.1 Å². The maximum atomic E-state index is 12.2. The summed E-state index contributed by atoms with van der Waals surface area (Å²) in [7, 11) is 0. The van der Waals surface area contributed by atoms with Gasteiger partial charge in [0.05, 0.1) is 6.54 Å². The monoisotopic (exact) mass is 266 g/mol. The second-order valence-corrected chi connectivity index (χ2v) is 5.67. The first-order valence-corrected chi connectivity index (χ1v) is 6.80. The summed E-state index contributed by atoms with van der Waals surface area (Å²) in [6.07, 6.45) is -2.22. The number of hydrogen-bond donors (Lipinski definition) is 1. The molecular weight excluding hydrogens is 241 g/mol. The fourth-order valence-corrected chi connectivity index (χ4v) is 2.72. The summed E-state index contributed by atoms with van der Waals surface area (Å²) in [5, 5.41) is 2.65. The van der Waals surface area contributed by atoms with E-state index in [2.05, 4.69) is 37.9 Å². The molecule has 1 aliphatic heterocycles. The Kier molecular flexibility index (Phi) is 5.46. The molecule has 1 N–H and O–H groups in total. The molecule has 0 aromatic rings. The molecule has 0 saturated carbocycles. The van der Waals surface area contributed by atoms with Gasteiger partial charge in [0.15, 0.2) is 0 Å². The van der Waals surface area contributed by atoms with E-state index in [0.29, 0.717) is 18.0 Å². The van der Waals surface area contributed by atoms with Crippen molar-refractivity contribution >= 4 is 0 Å². The van der Waals surface area contributed by atoms with Crippen LogP contribution in [0.5, 0.6) is 0 Å². The third-order valence-electron chi connectivity index (χ3n) is 3.94. The molecule has 5 heteroatoms. The van der Waals surface area contributed by atoms with Gasteiger partial charge in [0.25, 0.3) is 0 Å². The number of hydrogen-bond acceptors (Lipinski definition) is 2. The molecule has 0 amide bonds. The van der Waals surface area contributed by atoms with Gasteiger partial charge in [-0.15, -0.1) is 0 Å². The third-order valence-corrected chi connectivity index (χ3v) is 3.94. The van der Waals surface area contributed by atoms with Gasteiger partial charge in [-0.1, -0.05) is 20.3 Å². The number of halogens is 3. The highest BCUT2D eigenvalue weighted by atomic mass is 19.4. The number of nitrogens with one attached hydrogen (secondary N) is 1. The largest absolute Gasteiger partial charge is 0.401 e. The van der Waals surface area contributed by atoms with E-state index < -0.39 is 12.7 Å². The van der Waals surface area contributed by atoms with Crippen molar-refractivity contribution in [1.29, 1.82) is 0 Å². The SMILES string of the molecule is CCC(C)[C@@H]1CC(NCC(F)(F)F)CN1C(C)C. The molecule has 0 aromatic carbocycles. The molecule has 0 bridgehead atoms. The number of rotatable bonds is 5. The van der Waals surface area contributed by atoms with E-state index in [4.69, 9.17) is 0 Å². The van der Waals surface area contributed by atoms with Gasteiger partial charge < -0.3 is 5.32 Å². The number of alkyl halides is 3. The second-order valence-electron chi connectivity index (χ2n) is 5.67. The van der Waals surface area contributed by atoms with Crippen molar-refractivity contribution in [3.63, 3.8) is 0 Å². The first-order chi connectivity index (χ1) is 8.24. The van der Waals surface area contributed by atoms with Gasteiger partial charge in [-0.05, 0) is 26.2 Å². The average Bonchev–Trinajstić information content (AvgIpc) is 2.68. The van der Waals surface area contributed by atoms with Crippen LogP contribution in [0.2, 0.25) is 0 Å². The maximum absolute atomic E-state index is 12.2. The zero-order valence-corrected chi connectivity index (χ0v) is 11.7. The quantitative estimate of drug-likeness (QED) is 0.823. The van der Waals surface area contributed by atoms with Crippen molar-refractivity contribution in [3.8, 4) is 0 Å². The van der Waals surface area contributed by atoms with E-state index in [1.807, 2.05) is 0 Å². The predicted octanol–water partition coefficient (Wildman–Crippen LogP) is 3.04. The summed E-state index contributed by atoms with van der Waals surface area (Å²) >= 11 is 0. The van der Waals surface area contributed by atoms with Gasteiger partial charge in [0.1, 0.15) is 0 Å². The van der Waals surface area contributed by atoms with Crippen molar-refractivity contribution in [2.45, 2.75) is 64.8 Å². The third kappa shape index (κ3) is 4.43. The molecule has 1 heterocycles. The van der Waals surface area contributed by atoms with Crippen LogP contribution >= 0.6 is 0 Å². The molecule has 0 radical (unpaired) electrons. The smallest absolute Gasteiger partial charge is 0.305 e. The van der Waals surface area contributed by atoms with E-state index in [1.54, 1.807) is 0 Å². The molecule has 3 atom stereocenters. The van der Waals surface area contributed by atoms with Gasteiger partial charge >= 0.3 is 6.18 Å². The zero-order chi connectivity index (χ0) is 13.9. The minimum Gasteiger partial charge on any atom is -0.305 e. The molecule has 108 valence electrons. The van der Waals surface area contributed by atoms with Crippen molar-refractivity contribution in [2.24, 2.45) is 5.92 Å². The van der Waals surface area contributed by atoms with E-state index in [1.165, 1.54) is 0 Å². The minimum atomic E-state index is -4.11. The second kappa shape index (κ2) is 6.24. The fourth-order valence-electron chi connectivity index (χ4n) is 2.72. The molecule has 1 rings (SSSR count). The van der Waals surface area contributed by atoms with Crippen molar-refractivity contribution < 1.29 is 13.2 Å². The van der Waals surface area contributed by atoms with Gasteiger partial charge in [0, 0.05) is 24.7 Å². The summed E-state index contributed by atoms with van der Waals surface area (Å²) < 4.78 is 36.6. The molecule has 1 saturated heterocycles. The first-order valence-electron chi connectivity index (χ1n) is 6.80. The molecule has 0 spiro atoms. The van der Waals surface area contributed by atoms with Crippen LogP contribution in [-0.4, -0.2) is 42.3 Å². The highest BCUT2D eigenvalue weighted by molar-refractivity contribution is 4.93. The Morgan fingerprint density at radius 1 is 1.28 bits per heavy atom. The lowest BCUT2D eigenvalue weighted by Crippen LogP contribution is -2.41. The molecule has 2 unspecified atom stereocenters. The number of likely N-dealkylation sites (tertiary alicyclic amines) is 1. The normalized spacial score (nSPS) is 28.0. The van der Waals surface area contributed by atoms with Crippen LogP contribution in [0.15, 0.2) is 0 Å². The minimum absolute atomic E-state index is 0.0342. The summed E-state index contributed by atoms with van der Waals surface area (Å²) in [4.78, 5) is 2.34. The molecule has 0 aromatic heterocycles.